The Labute approximate surface area is 167 Å². The van der Waals surface area contributed by atoms with Crippen LogP contribution in [0, 0.1) is 13.8 Å². The van der Waals surface area contributed by atoms with Crippen LogP contribution in [0.2, 0.25) is 0 Å². The molecule has 0 fully saturated rings. The second-order valence-corrected chi connectivity index (χ2v) is 6.98. The van der Waals surface area contributed by atoms with Crippen LogP contribution in [0.3, 0.4) is 0 Å². The molecule has 3 nitrogen and oxygen atoms in total. The minimum Gasteiger partial charge on any atom is -0.322 e. The van der Waals surface area contributed by atoms with E-state index < -0.39 is 0 Å². The molecule has 0 atom stereocenters. The first-order chi connectivity index (χ1) is 13.5. The van der Waals surface area contributed by atoms with Gasteiger partial charge >= 0.3 is 0 Å². The maximum Gasteiger partial charge on any atom is 0.248 e. The Morgan fingerprint density at radius 3 is 2.21 bits per heavy atom. The highest BCUT2D eigenvalue weighted by Gasteiger charge is 2.10. The van der Waals surface area contributed by atoms with E-state index in [4.69, 9.17) is 0 Å². The number of aryl methyl sites for hydroxylation is 3. The van der Waals surface area contributed by atoms with Gasteiger partial charge in [0.05, 0.1) is 0 Å². The molecule has 3 aromatic rings. The highest BCUT2D eigenvalue weighted by molar-refractivity contribution is 6.03. The van der Waals surface area contributed by atoms with Gasteiger partial charge in [0.2, 0.25) is 5.91 Å². The number of anilines is 1. The van der Waals surface area contributed by atoms with Gasteiger partial charge in [-0.15, -0.1) is 0 Å². The molecule has 1 amide bonds. The van der Waals surface area contributed by atoms with Crippen LogP contribution < -0.4 is 5.32 Å². The van der Waals surface area contributed by atoms with Gasteiger partial charge in [-0.1, -0.05) is 50.2 Å². The maximum atomic E-state index is 12.6. The molecule has 0 spiro atoms. The summed E-state index contributed by atoms with van der Waals surface area (Å²) in [4.78, 5) is 12.6. The van der Waals surface area contributed by atoms with E-state index in [1.54, 1.807) is 6.08 Å². The van der Waals surface area contributed by atoms with Crippen molar-refractivity contribution < 1.29 is 4.79 Å². The smallest absolute Gasteiger partial charge is 0.248 e. The van der Waals surface area contributed by atoms with Crippen molar-refractivity contribution >= 4 is 17.7 Å². The van der Waals surface area contributed by atoms with Crippen molar-refractivity contribution in [1.82, 2.24) is 4.57 Å². The van der Waals surface area contributed by atoms with Crippen LogP contribution in [-0.2, 0) is 17.6 Å². The lowest BCUT2D eigenvalue weighted by molar-refractivity contribution is -0.111. The van der Waals surface area contributed by atoms with E-state index in [0.29, 0.717) is 0 Å². The molecule has 28 heavy (non-hydrogen) atoms. The molecule has 3 heteroatoms. The van der Waals surface area contributed by atoms with Crippen LogP contribution >= 0.6 is 0 Å². The molecule has 1 heterocycles. The van der Waals surface area contributed by atoms with Crippen molar-refractivity contribution in [3.05, 3.63) is 88.8 Å². The highest BCUT2D eigenvalue weighted by Crippen LogP contribution is 2.24. The van der Waals surface area contributed by atoms with Gasteiger partial charge in [0.15, 0.2) is 0 Å². The molecule has 0 unspecified atom stereocenters. The number of aromatic nitrogens is 1. The van der Waals surface area contributed by atoms with E-state index in [-0.39, 0.29) is 5.91 Å². The number of hydrogen-bond donors (Lipinski definition) is 1. The Bertz CT molecular complexity index is 975. The zero-order valence-electron chi connectivity index (χ0n) is 17.1. The fourth-order valence-electron chi connectivity index (χ4n) is 3.66. The summed E-state index contributed by atoms with van der Waals surface area (Å²) in [5.41, 5.74) is 7.75. The molecule has 3 rings (SSSR count). The van der Waals surface area contributed by atoms with Crippen molar-refractivity contribution in [2.45, 2.75) is 40.5 Å². The molecular weight excluding hydrogens is 344 g/mol. The molecule has 0 saturated carbocycles. The van der Waals surface area contributed by atoms with E-state index in [0.717, 1.165) is 41.2 Å². The van der Waals surface area contributed by atoms with Gasteiger partial charge in [-0.05, 0) is 67.7 Å². The molecule has 0 bridgehead atoms. The summed E-state index contributed by atoms with van der Waals surface area (Å²) in [6.45, 7) is 8.39. The predicted octanol–water partition coefficient (Wildman–Crippen LogP) is 5.87. The van der Waals surface area contributed by atoms with Crippen molar-refractivity contribution in [1.29, 1.82) is 0 Å². The first-order valence-electron chi connectivity index (χ1n) is 9.89. The van der Waals surface area contributed by atoms with Gasteiger partial charge in [-0.25, -0.2) is 0 Å². The lowest BCUT2D eigenvalue weighted by atomic mass is 10.0. The molecular formula is C25H28N2O. The quantitative estimate of drug-likeness (QED) is 0.539. The molecule has 0 aliphatic heterocycles. The molecule has 1 aromatic heterocycles. The van der Waals surface area contributed by atoms with Crippen molar-refractivity contribution in [2.75, 3.05) is 5.32 Å². The van der Waals surface area contributed by atoms with Gasteiger partial charge in [0.25, 0.3) is 0 Å². The monoisotopic (exact) mass is 372 g/mol. The summed E-state index contributed by atoms with van der Waals surface area (Å²) in [5.74, 6) is -0.0971. The molecule has 0 saturated heterocycles. The molecule has 0 aliphatic rings. The fourth-order valence-corrected chi connectivity index (χ4v) is 3.66. The SMILES string of the molecule is CCc1cccc(CC)c1NC(=O)/C=C/c1cc(C)n(-c2ccccc2)c1C. The summed E-state index contributed by atoms with van der Waals surface area (Å²) in [6, 6.07) is 18.6. The van der Waals surface area contributed by atoms with E-state index in [1.165, 1.54) is 11.1 Å². The number of carbonyl (C=O) groups is 1. The predicted molar refractivity (Wildman–Crippen MR) is 118 cm³/mol. The normalized spacial score (nSPS) is 11.1. The fraction of sp³-hybridized carbons (Fsp3) is 0.240. The van der Waals surface area contributed by atoms with Crippen LogP contribution in [0.25, 0.3) is 11.8 Å². The lowest BCUT2D eigenvalue weighted by Crippen LogP contribution is -2.11. The van der Waals surface area contributed by atoms with Crippen LogP contribution in [0.1, 0.15) is 41.9 Å². The van der Waals surface area contributed by atoms with Gasteiger partial charge in [-0.2, -0.15) is 0 Å². The summed E-state index contributed by atoms with van der Waals surface area (Å²) in [6.07, 6.45) is 5.32. The van der Waals surface area contributed by atoms with Gasteiger partial charge in [0, 0.05) is 28.8 Å². The van der Waals surface area contributed by atoms with E-state index in [1.807, 2.05) is 24.3 Å². The third kappa shape index (κ3) is 4.09. The highest BCUT2D eigenvalue weighted by atomic mass is 16.1. The minimum atomic E-state index is -0.0971. The Hall–Kier alpha value is -3.07. The van der Waals surface area contributed by atoms with Crippen LogP contribution in [0.5, 0.6) is 0 Å². The topological polar surface area (TPSA) is 34.0 Å². The van der Waals surface area contributed by atoms with Crippen molar-refractivity contribution in [3.63, 3.8) is 0 Å². The van der Waals surface area contributed by atoms with Crippen molar-refractivity contribution in [3.8, 4) is 5.69 Å². The number of benzene rings is 2. The van der Waals surface area contributed by atoms with E-state index in [2.05, 4.69) is 74.0 Å². The summed E-state index contributed by atoms with van der Waals surface area (Å²) >= 11 is 0. The van der Waals surface area contributed by atoms with E-state index >= 15 is 0 Å². The lowest BCUT2D eigenvalue weighted by Gasteiger charge is -2.13. The standard InChI is InChI=1S/C25H28N2O/c1-5-20-11-10-12-21(6-2)25(20)26-24(28)16-15-22-17-18(3)27(19(22)4)23-13-8-7-9-14-23/h7-17H,5-6H2,1-4H3,(H,26,28)/b16-15+. The van der Waals surface area contributed by atoms with Crippen LogP contribution in [0.4, 0.5) is 5.69 Å². The third-order valence-corrected chi connectivity index (χ3v) is 5.15. The largest absolute Gasteiger partial charge is 0.322 e. The minimum absolute atomic E-state index is 0.0971. The average molecular weight is 373 g/mol. The Kier molecular flexibility index (Phi) is 6.15. The van der Waals surface area contributed by atoms with Gasteiger partial charge < -0.3 is 9.88 Å². The Morgan fingerprint density at radius 1 is 0.964 bits per heavy atom. The Balaban J connectivity index is 1.83. The third-order valence-electron chi connectivity index (χ3n) is 5.15. The van der Waals surface area contributed by atoms with Crippen LogP contribution in [0.15, 0.2) is 60.7 Å². The number of amides is 1. The molecule has 0 aliphatic carbocycles. The van der Waals surface area contributed by atoms with E-state index in [9.17, 15) is 4.79 Å². The summed E-state index contributed by atoms with van der Waals surface area (Å²) in [5, 5.41) is 3.09. The number of nitrogens with zero attached hydrogens (tertiary/aromatic N) is 1. The number of hydrogen-bond acceptors (Lipinski definition) is 1. The molecule has 1 N–H and O–H groups in total. The number of rotatable bonds is 6. The van der Waals surface area contributed by atoms with Gasteiger partial charge in [0.1, 0.15) is 0 Å². The summed E-state index contributed by atoms with van der Waals surface area (Å²) in [7, 11) is 0. The molecule has 144 valence electrons. The van der Waals surface area contributed by atoms with Gasteiger partial charge in [-0.3, -0.25) is 4.79 Å². The maximum absolute atomic E-state index is 12.6. The average Bonchev–Trinajstić information content (AvgIpc) is 3.00. The first kappa shape index (κ1) is 19.7. The zero-order chi connectivity index (χ0) is 20.1. The second-order valence-electron chi connectivity index (χ2n) is 6.98. The second kappa shape index (κ2) is 8.75. The number of para-hydroxylation sites is 2. The van der Waals surface area contributed by atoms with Crippen LogP contribution in [-0.4, -0.2) is 10.5 Å². The Morgan fingerprint density at radius 2 is 1.61 bits per heavy atom. The first-order valence-corrected chi connectivity index (χ1v) is 9.89. The number of carbonyl (C=O) groups excluding carboxylic acids is 1. The van der Waals surface area contributed by atoms with Crippen molar-refractivity contribution in [2.24, 2.45) is 0 Å². The number of nitrogens with one attached hydrogen (secondary N) is 1. The molecule has 2 aromatic carbocycles. The summed E-state index contributed by atoms with van der Waals surface area (Å²) < 4.78 is 2.21. The molecule has 0 radical (unpaired) electrons. The zero-order valence-corrected chi connectivity index (χ0v) is 17.1.